The van der Waals surface area contributed by atoms with Crippen LogP contribution in [0.2, 0.25) is 0 Å². The van der Waals surface area contributed by atoms with Gasteiger partial charge >= 0.3 is 5.97 Å². The van der Waals surface area contributed by atoms with E-state index in [2.05, 4.69) is 5.32 Å². The van der Waals surface area contributed by atoms with E-state index in [-0.39, 0.29) is 23.7 Å². The standard InChI is InChI=1S/C13H22N2O3/c1-18-13(17)11-4-2-3-10(9-11)12(16)15-7-5-14-6-8-15/h10-11,14H,2-9H2,1H3. The number of carbonyl (C=O) groups excluding carboxylic acids is 2. The molecule has 2 atom stereocenters. The van der Waals surface area contributed by atoms with Crippen molar-refractivity contribution in [3.05, 3.63) is 0 Å². The summed E-state index contributed by atoms with van der Waals surface area (Å²) in [5, 5.41) is 3.24. The zero-order valence-electron chi connectivity index (χ0n) is 11.0. The fraction of sp³-hybridized carbons (Fsp3) is 0.846. The van der Waals surface area contributed by atoms with E-state index in [0.29, 0.717) is 6.42 Å². The van der Waals surface area contributed by atoms with E-state index in [1.54, 1.807) is 0 Å². The van der Waals surface area contributed by atoms with Crippen LogP contribution in [0.15, 0.2) is 0 Å². The number of nitrogens with one attached hydrogen (secondary N) is 1. The molecule has 0 aromatic carbocycles. The second-order valence-corrected chi connectivity index (χ2v) is 5.16. The van der Waals surface area contributed by atoms with Crippen molar-refractivity contribution in [2.45, 2.75) is 25.7 Å². The fourth-order valence-corrected chi connectivity index (χ4v) is 2.94. The van der Waals surface area contributed by atoms with E-state index in [9.17, 15) is 9.59 Å². The van der Waals surface area contributed by atoms with Crippen LogP contribution in [0.4, 0.5) is 0 Å². The van der Waals surface area contributed by atoms with Crippen molar-refractivity contribution in [2.24, 2.45) is 11.8 Å². The molecule has 2 aliphatic rings. The number of carbonyl (C=O) groups is 2. The Labute approximate surface area is 108 Å². The molecular formula is C13H22N2O3. The molecule has 1 aliphatic carbocycles. The highest BCUT2D eigenvalue weighted by Gasteiger charge is 2.34. The Balaban J connectivity index is 1.91. The van der Waals surface area contributed by atoms with Crippen molar-refractivity contribution in [1.29, 1.82) is 0 Å². The first kappa shape index (κ1) is 13.3. The SMILES string of the molecule is COC(=O)C1CCCC(C(=O)N2CCNCC2)C1. The molecule has 2 fully saturated rings. The maximum absolute atomic E-state index is 12.4. The number of ether oxygens (including phenoxy) is 1. The van der Waals surface area contributed by atoms with Crippen LogP contribution in [-0.4, -0.2) is 50.1 Å². The molecule has 0 radical (unpaired) electrons. The first-order valence-electron chi connectivity index (χ1n) is 6.79. The van der Waals surface area contributed by atoms with Gasteiger partial charge in [0.2, 0.25) is 5.91 Å². The first-order chi connectivity index (χ1) is 8.72. The zero-order chi connectivity index (χ0) is 13.0. The predicted octanol–water partition coefficient (Wildman–Crippen LogP) is 0.398. The summed E-state index contributed by atoms with van der Waals surface area (Å²) in [6.07, 6.45) is 3.38. The molecule has 5 heteroatoms. The third-order valence-electron chi connectivity index (χ3n) is 3.99. The molecular weight excluding hydrogens is 232 g/mol. The molecule has 0 bridgehead atoms. The Morgan fingerprint density at radius 2 is 1.83 bits per heavy atom. The lowest BCUT2D eigenvalue weighted by Gasteiger charge is -2.34. The second-order valence-electron chi connectivity index (χ2n) is 5.16. The minimum atomic E-state index is -0.159. The van der Waals surface area contributed by atoms with Gasteiger partial charge in [0.05, 0.1) is 13.0 Å². The minimum absolute atomic E-state index is 0.0148. The highest BCUT2D eigenvalue weighted by molar-refractivity contribution is 5.80. The number of nitrogens with zero attached hydrogens (tertiary/aromatic N) is 1. The summed E-state index contributed by atoms with van der Waals surface area (Å²) in [7, 11) is 1.42. The molecule has 18 heavy (non-hydrogen) atoms. The summed E-state index contributed by atoms with van der Waals surface area (Å²) in [6, 6.07) is 0. The number of methoxy groups -OCH3 is 1. The number of esters is 1. The van der Waals surface area contributed by atoms with Gasteiger partial charge in [-0.1, -0.05) is 6.42 Å². The summed E-state index contributed by atoms with van der Waals surface area (Å²) < 4.78 is 4.79. The van der Waals surface area contributed by atoms with Gasteiger partial charge in [-0.05, 0) is 19.3 Å². The van der Waals surface area contributed by atoms with Gasteiger partial charge in [-0.15, -0.1) is 0 Å². The topological polar surface area (TPSA) is 58.6 Å². The van der Waals surface area contributed by atoms with E-state index in [0.717, 1.165) is 45.4 Å². The molecule has 1 N–H and O–H groups in total. The van der Waals surface area contributed by atoms with E-state index in [1.807, 2.05) is 4.90 Å². The average Bonchev–Trinajstić information content (AvgIpc) is 2.46. The molecule has 0 spiro atoms. The highest BCUT2D eigenvalue weighted by Crippen LogP contribution is 2.31. The van der Waals surface area contributed by atoms with E-state index in [4.69, 9.17) is 4.74 Å². The molecule has 1 heterocycles. The predicted molar refractivity (Wildman–Crippen MR) is 66.9 cm³/mol. The van der Waals surface area contributed by atoms with Crippen molar-refractivity contribution >= 4 is 11.9 Å². The lowest BCUT2D eigenvalue weighted by atomic mass is 9.80. The minimum Gasteiger partial charge on any atom is -0.469 e. The number of amides is 1. The smallest absolute Gasteiger partial charge is 0.308 e. The van der Waals surface area contributed by atoms with Crippen molar-refractivity contribution < 1.29 is 14.3 Å². The number of hydrogen-bond donors (Lipinski definition) is 1. The van der Waals surface area contributed by atoms with Gasteiger partial charge in [0.25, 0.3) is 0 Å². The van der Waals surface area contributed by atoms with E-state index >= 15 is 0 Å². The largest absolute Gasteiger partial charge is 0.469 e. The quantitative estimate of drug-likeness (QED) is 0.725. The summed E-state index contributed by atoms with van der Waals surface area (Å²) >= 11 is 0. The lowest BCUT2D eigenvalue weighted by Crippen LogP contribution is -2.49. The average molecular weight is 254 g/mol. The van der Waals surface area contributed by atoms with Crippen LogP contribution in [0, 0.1) is 11.8 Å². The normalized spacial score (nSPS) is 28.8. The number of hydrogen-bond acceptors (Lipinski definition) is 4. The molecule has 1 amide bonds. The van der Waals surface area contributed by atoms with Crippen LogP contribution in [0.3, 0.4) is 0 Å². The summed E-state index contributed by atoms with van der Waals surface area (Å²) in [4.78, 5) is 25.8. The molecule has 1 saturated heterocycles. The summed E-state index contributed by atoms with van der Waals surface area (Å²) in [5.74, 6) is -0.000482. The molecule has 1 aliphatic heterocycles. The van der Waals surface area contributed by atoms with Crippen molar-refractivity contribution in [1.82, 2.24) is 10.2 Å². The van der Waals surface area contributed by atoms with Crippen LogP contribution in [0.5, 0.6) is 0 Å². The second kappa shape index (κ2) is 6.18. The third-order valence-corrected chi connectivity index (χ3v) is 3.99. The maximum Gasteiger partial charge on any atom is 0.308 e. The van der Waals surface area contributed by atoms with Gasteiger partial charge in [0, 0.05) is 32.1 Å². The molecule has 0 aromatic rings. The van der Waals surface area contributed by atoms with Gasteiger partial charge < -0.3 is 15.0 Å². The summed E-state index contributed by atoms with van der Waals surface area (Å²) in [6.45, 7) is 3.33. The highest BCUT2D eigenvalue weighted by atomic mass is 16.5. The fourth-order valence-electron chi connectivity index (χ4n) is 2.94. The van der Waals surface area contributed by atoms with Crippen molar-refractivity contribution in [3.63, 3.8) is 0 Å². The Hall–Kier alpha value is -1.10. The molecule has 102 valence electrons. The Morgan fingerprint density at radius 3 is 2.50 bits per heavy atom. The molecule has 1 saturated carbocycles. The van der Waals surface area contributed by atoms with Crippen LogP contribution in [0.1, 0.15) is 25.7 Å². The monoisotopic (exact) mass is 254 g/mol. The number of rotatable bonds is 2. The van der Waals surface area contributed by atoms with Crippen molar-refractivity contribution in [2.75, 3.05) is 33.3 Å². The van der Waals surface area contributed by atoms with Gasteiger partial charge in [0.1, 0.15) is 0 Å². The van der Waals surface area contributed by atoms with E-state index < -0.39 is 0 Å². The molecule has 2 unspecified atom stereocenters. The van der Waals surface area contributed by atoms with Crippen LogP contribution in [-0.2, 0) is 14.3 Å². The zero-order valence-corrected chi connectivity index (χ0v) is 11.0. The summed E-state index contributed by atoms with van der Waals surface area (Å²) in [5.41, 5.74) is 0. The van der Waals surface area contributed by atoms with E-state index in [1.165, 1.54) is 7.11 Å². The first-order valence-corrected chi connectivity index (χ1v) is 6.79. The van der Waals surface area contributed by atoms with Gasteiger partial charge in [-0.2, -0.15) is 0 Å². The van der Waals surface area contributed by atoms with Gasteiger partial charge in [-0.25, -0.2) is 0 Å². The maximum atomic E-state index is 12.4. The van der Waals surface area contributed by atoms with Crippen LogP contribution >= 0.6 is 0 Å². The Kier molecular flexibility index (Phi) is 4.58. The van der Waals surface area contributed by atoms with Gasteiger partial charge in [0.15, 0.2) is 0 Å². The van der Waals surface area contributed by atoms with Crippen molar-refractivity contribution in [3.8, 4) is 0 Å². The lowest BCUT2D eigenvalue weighted by molar-refractivity contribution is -0.148. The van der Waals surface area contributed by atoms with Crippen LogP contribution in [0.25, 0.3) is 0 Å². The third kappa shape index (κ3) is 3.02. The van der Waals surface area contributed by atoms with Crippen LogP contribution < -0.4 is 5.32 Å². The Bertz CT molecular complexity index is 313. The number of piperazine rings is 1. The van der Waals surface area contributed by atoms with Gasteiger partial charge in [-0.3, -0.25) is 9.59 Å². The molecule has 2 rings (SSSR count). The Morgan fingerprint density at radius 1 is 1.17 bits per heavy atom. The molecule has 5 nitrogen and oxygen atoms in total. The molecule has 0 aromatic heterocycles.